The number of allylic oxidation sites excluding steroid dienone is 2. The van der Waals surface area contributed by atoms with Gasteiger partial charge in [-0.2, -0.15) is 0 Å². The molecule has 0 saturated carbocycles. The first-order valence-corrected chi connectivity index (χ1v) is 11.6. The summed E-state index contributed by atoms with van der Waals surface area (Å²) in [4.78, 5) is 4.84. The molecular formula is C27H38N2. The number of nitrogens with zero attached hydrogens (tertiary/aromatic N) is 2. The molecule has 0 amide bonds. The topological polar surface area (TPSA) is 6.48 Å². The van der Waals surface area contributed by atoms with Crippen molar-refractivity contribution >= 4 is 11.4 Å². The Morgan fingerprint density at radius 2 is 1.14 bits per heavy atom. The SMILES string of the molecule is CCN(CC)c1ccc(C(c2ccc(N(CC)CC)cc2)C2CC=CCC2)cc1. The molecule has 1 aliphatic rings. The standard InChI is InChI=1S/C27H38N2/c1-5-28(6-2)25-18-14-23(15-19-25)27(22-12-10-9-11-13-22)24-16-20-26(21-17-24)29(7-3)8-4/h9-10,14-22,27H,5-8,11-13H2,1-4H3. The third-order valence-electron chi connectivity index (χ3n) is 6.54. The summed E-state index contributed by atoms with van der Waals surface area (Å²) in [6, 6.07) is 18.8. The van der Waals surface area contributed by atoms with Crippen LogP contribution in [0.25, 0.3) is 0 Å². The summed E-state index contributed by atoms with van der Waals surface area (Å²) in [6.07, 6.45) is 8.39. The molecule has 2 aromatic carbocycles. The molecule has 1 atom stereocenters. The van der Waals surface area contributed by atoms with E-state index >= 15 is 0 Å². The highest BCUT2D eigenvalue weighted by Gasteiger charge is 2.25. The van der Waals surface area contributed by atoms with Gasteiger partial charge in [-0.05, 0) is 88.3 Å². The van der Waals surface area contributed by atoms with Gasteiger partial charge in [0, 0.05) is 43.5 Å². The number of hydrogen-bond acceptors (Lipinski definition) is 2. The van der Waals surface area contributed by atoms with E-state index in [1.54, 1.807) is 0 Å². The average Bonchev–Trinajstić information content (AvgIpc) is 2.78. The van der Waals surface area contributed by atoms with Crippen LogP contribution in [0, 0.1) is 5.92 Å². The van der Waals surface area contributed by atoms with Gasteiger partial charge < -0.3 is 9.80 Å². The van der Waals surface area contributed by atoms with Crippen molar-refractivity contribution in [1.29, 1.82) is 0 Å². The molecule has 2 nitrogen and oxygen atoms in total. The van der Waals surface area contributed by atoms with Crippen LogP contribution in [-0.4, -0.2) is 26.2 Å². The highest BCUT2D eigenvalue weighted by molar-refractivity contribution is 5.51. The lowest BCUT2D eigenvalue weighted by atomic mass is 9.75. The van der Waals surface area contributed by atoms with Crippen LogP contribution in [0.3, 0.4) is 0 Å². The normalized spacial score (nSPS) is 16.2. The summed E-state index contributed by atoms with van der Waals surface area (Å²) in [5.74, 6) is 1.15. The maximum atomic E-state index is 2.42. The van der Waals surface area contributed by atoms with E-state index in [0.717, 1.165) is 26.2 Å². The van der Waals surface area contributed by atoms with Gasteiger partial charge in [-0.25, -0.2) is 0 Å². The summed E-state index contributed by atoms with van der Waals surface area (Å²) in [5.41, 5.74) is 5.57. The van der Waals surface area contributed by atoms with Crippen molar-refractivity contribution in [3.05, 3.63) is 71.8 Å². The van der Waals surface area contributed by atoms with Gasteiger partial charge in [0.1, 0.15) is 0 Å². The molecule has 0 spiro atoms. The van der Waals surface area contributed by atoms with Gasteiger partial charge >= 0.3 is 0 Å². The highest BCUT2D eigenvalue weighted by Crippen LogP contribution is 2.39. The zero-order valence-electron chi connectivity index (χ0n) is 18.8. The summed E-state index contributed by atoms with van der Waals surface area (Å²) < 4.78 is 0. The van der Waals surface area contributed by atoms with E-state index in [1.807, 2.05) is 0 Å². The van der Waals surface area contributed by atoms with Gasteiger partial charge in [0.25, 0.3) is 0 Å². The highest BCUT2D eigenvalue weighted by atomic mass is 15.1. The molecule has 0 aliphatic heterocycles. The molecule has 1 unspecified atom stereocenters. The zero-order chi connectivity index (χ0) is 20.6. The fourth-order valence-electron chi connectivity index (χ4n) is 4.82. The van der Waals surface area contributed by atoms with E-state index in [4.69, 9.17) is 0 Å². The second kappa shape index (κ2) is 10.5. The van der Waals surface area contributed by atoms with E-state index in [0.29, 0.717) is 11.8 Å². The lowest BCUT2D eigenvalue weighted by molar-refractivity contribution is 0.428. The second-order valence-corrected chi connectivity index (χ2v) is 8.05. The molecule has 3 rings (SSSR count). The van der Waals surface area contributed by atoms with Crippen molar-refractivity contribution in [2.45, 2.75) is 52.9 Å². The summed E-state index contributed by atoms with van der Waals surface area (Å²) in [6.45, 7) is 13.1. The minimum absolute atomic E-state index is 0.469. The van der Waals surface area contributed by atoms with Gasteiger partial charge in [0.05, 0.1) is 0 Å². The van der Waals surface area contributed by atoms with Crippen LogP contribution in [0.4, 0.5) is 11.4 Å². The molecule has 0 saturated heterocycles. The third-order valence-corrected chi connectivity index (χ3v) is 6.54. The summed E-state index contributed by atoms with van der Waals surface area (Å²) in [5, 5.41) is 0. The van der Waals surface area contributed by atoms with E-state index in [9.17, 15) is 0 Å². The minimum Gasteiger partial charge on any atom is -0.372 e. The van der Waals surface area contributed by atoms with Crippen LogP contribution < -0.4 is 9.80 Å². The molecule has 156 valence electrons. The largest absolute Gasteiger partial charge is 0.372 e. The molecule has 2 heteroatoms. The monoisotopic (exact) mass is 390 g/mol. The molecule has 1 aliphatic carbocycles. The van der Waals surface area contributed by atoms with Gasteiger partial charge in [0.15, 0.2) is 0 Å². The van der Waals surface area contributed by atoms with Crippen LogP contribution in [-0.2, 0) is 0 Å². The van der Waals surface area contributed by atoms with Crippen molar-refractivity contribution in [2.24, 2.45) is 5.92 Å². The maximum Gasteiger partial charge on any atom is 0.0366 e. The van der Waals surface area contributed by atoms with E-state index in [1.165, 1.54) is 41.8 Å². The van der Waals surface area contributed by atoms with Crippen molar-refractivity contribution in [3.63, 3.8) is 0 Å². The predicted octanol–water partition coefficient (Wildman–Crippen LogP) is 6.87. The lowest BCUT2D eigenvalue weighted by Crippen LogP contribution is -2.22. The Hall–Kier alpha value is -2.22. The first-order chi connectivity index (χ1) is 14.2. The molecule has 2 aromatic rings. The first kappa shape index (κ1) is 21.5. The van der Waals surface area contributed by atoms with Gasteiger partial charge in [0.2, 0.25) is 0 Å². The molecule has 29 heavy (non-hydrogen) atoms. The van der Waals surface area contributed by atoms with Crippen molar-refractivity contribution in [1.82, 2.24) is 0 Å². The van der Waals surface area contributed by atoms with Gasteiger partial charge in [-0.1, -0.05) is 36.4 Å². The van der Waals surface area contributed by atoms with E-state index in [-0.39, 0.29) is 0 Å². The Morgan fingerprint density at radius 1 is 0.690 bits per heavy atom. The smallest absolute Gasteiger partial charge is 0.0366 e. The molecule has 0 fully saturated rings. The van der Waals surface area contributed by atoms with E-state index < -0.39 is 0 Å². The Labute approximate surface area is 178 Å². The van der Waals surface area contributed by atoms with E-state index in [2.05, 4.69) is 98.2 Å². The van der Waals surface area contributed by atoms with Gasteiger partial charge in [-0.15, -0.1) is 0 Å². The van der Waals surface area contributed by atoms with Crippen molar-refractivity contribution in [3.8, 4) is 0 Å². The molecule has 0 radical (unpaired) electrons. The number of anilines is 2. The molecular weight excluding hydrogens is 352 g/mol. The molecule has 0 aromatic heterocycles. The molecule has 0 bridgehead atoms. The van der Waals surface area contributed by atoms with Crippen LogP contribution in [0.15, 0.2) is 60.7 Å². The predicted molar refractivity (Wildman–Crippen MR) is 128 cm³/mol. The summed E-state index contributed by atoms with van der Waals surface area (Å²) >= 11 is 0. The minimum atomic E-state index is 0.469. The fourth-order valence-corrected chi connectivity index (χ4v) is 4.82. The zero-order valence-corrected chi connectivity index (χ0v) is 18.8. The number of rotatable bonds is 9. The van der Waals surface area contributed by atoms with Crippen LogP contribution in [0.1, 0.15) is 64.0 Å². The quantitative estimate of drug-likeness (QED) is 0.431. The summed E-state index contributed by atoms with van der Waals surface area (Å²) in [7, 11) is 0. The Balaban J connectivity index is 1.92. The second-order valence-electron chi connectivity index (χ2n) is 8.05. The Bertz CT molecular complexity index is 697. The Kier molecular flexibility index (Phi) is 7.80. The van der Waals surface area contributed by atoms with Crippen LogP contribution >= 0.6 is 0 Å². The van der Waals surface area contributed by atoms with Crippen molar-refractivity contribution < 1.29 is 0 Å². The fraction of sp³-hybridized carbons (Fsp3) is 0.481. The third kappa shape index (κ3) is 5.04. The Morgan fingerprint density at radius 3 is 1.48 bits per heavy atom. The number of hydrogen-bond donors (Lipinski definition) is 0. The van der Waals surface area contributed by atoms with Crippen molar-refractivity contribution in [2.75, 3.05) is 36.0 Å². The van der Waals surface area contributed by atoms with Crippen LogP contribution in [0.5, 0.6) is 0 Å². The molecule has 0 heterocycles. The molecule has 0 N–H and O–H groups in total. The average molecular weight is 391 g/mol. The van der Waals surface area contributed by atoms with Crippen LogP contribution in [0.2, 0.25) is 0 Å². The lowest BCUT2D eigenvalue weighted by Gasteiger charge is -2.30. The first-order valence-electron chi connectivity index (χ1n) is 11.6. The maximum absolute atomic E-state index is 2.42. The van der Waals surface area contributed by atoms with Gasteiger partial charge in [-0.3, -0.25) is 0 Å². The number of benzene rings is 2.